The van der Waals surface area contributed by atoms with Crippen LogP contribution in [0.5, 0.6) is 11.5 Å². The Bertz CT molecular complexity index is 1100. The molecule has 3 aromatic rings. The zero-order chi connectivity index (χ0) is 18.8. The van der Waals surface area contributed by atoms with Crippen LogP contribution < -0.4 is 26.0 Å². The van der Waals surface area contributed by atoms with Crippen molar-refractivity contribution in [2.45, 2.75) is 13.1 Å². The van der Waals surface area contributed by atoms with Gasteiger partial charge in [0.25, 0.3) is 11.5 Å². The fourth-order valence-electron chi connectivity index (χ4n) is 2.72. The molecule has 2 N–H and O–H groups in total. The summed E-state index contributed by atoms with van der Waals surface area (Å²) in [6.45, 7) is 0.466. The van der Waals surface area contributed by atoms with E-state index in [2.05, 4.69) is 10.3 Å². The number of aromatic nitrogens is 2. The highest BCUT2D eigenvalue weighted by Crippen LogP contribution is 2.32. The Kier molecular flexibility index (Phi) is 4.51. The number of rotatable bonds is 5. The van der Waals surface area contributed by atoms with Gasteiger partial charge in [-0.05, 0) is 29.1 Å². The van der Waals surface area contributed by atoms with Crippen molar-refractivity contribution in [1.82, 2.24) is 14.9 Å². The van der Waals surface area contributed by atoms with Gasteiger partial charge in [-0.1, -0.05) is 12.1 Å². The van der Waals surface area contributed by atoms with Crippen LogP contribution >= 0.6 is 11.3 Å². The number of aromatic amines is 1. The van der Waals surface area contributed by atoms with E-state index >= 15 is 0 Å². The van der Waals surface area contributed by atoms with E-state index in [4.69, 9.17) is 9.47 Å². The number of thiophene rings is 1. The van der Waals surface area contributed by atoms with E-state index in [1.54, 1.807) is 18.2 Å². The van der Waals surface area contributed by atoms with E-state index < -0.39 is 17.2 Å². The van der Waals surface area contributed by atoms with Gasteiger partial charge < -0.3 is 19.8 Å². The predicted molar refractivity (Wildman–Crippen MR) is 98.5 cm³/mol. The summed E-state index contributed by atoms with van der Waals surface area (Å²) in [6.07, 6.45) is 1.14. The zero-order valence-electron chi connectivity index (χ0n) is 14.1. The van der Waals surface area contributed by atoms with Crippen LogP contribution in [-0.2, 0) is 13.1 Å². The van der Waals surface area contributed by atoms with Crippen molar-refractivity contribution >= 4 is 17.2 Å². The average Bonchev–Trinajstić information content (AvgIpc) is 3.34. The number of H-pyrrole nitrogens is 1. The van der Waals surface area contributed by atoms with Crippen LogP contribution in [-0.4, -0.2) is 22.3 Å². The summed E-state index contributed by atoms with van der Waals surface area (Å²) in [5.74, 6) is 0.632. The molecule has 0 saturated carbocycles. The molecule has 1 aliphatic rings. The number of hydrogen-bond donors (Lipinski definition) is 2. The molecule has 0 unspecified atom stereocenters. The number of benzene rings is 1. The van der Waals surface area contributed by atoms with Crippen molar-refractivity contribution in [2.75, 3.05) is 6.79 Å². The quantitative estimate of drug-likeness (QED) is 0.689. The third-order valence-corrected chi connectivity index (χ3v) is 4.96. The van der Waals surface area contributed by atoms with Gasteiger partial charge in [-0.25, -0.2) is 4.79 Å². The summed E-state index contributed by atoms with van der Waals surface area (Å²) in [5.41, 5.74) is -0.678. The molecular formula is C18H15N3O5S. The van der Waals surface area contributed by atoms with Crippen LogP contribution in [0.1, 0.15) is 20.8 Å². The predicted octanol–water partition coefficient (Wildman–Crippen LogP) is 1.31. The van der Waals surface area contributed by atoms with E-state index in [1.807, 2.05) is 17.5 Å². The highest BCUT2D eigenvalue weighted by atomic mass is 32.1. The van der Waals surface area contributed by atoms with Crippen molar-refractivity contribution in [1.29, 1.82) is 0 Å². The molecule has 138 valence electrons. The number of carbonyl (C=O) groups is 1. The molecule has 1 aliphatic heterocycles. The van der Waals surface area contributed by atoms with Crippen molar-refractivity contribution in [3.8, 4) is 11.5 Å². The van der Waals surface area contributed by atoms with Crippen LogP contribution in [0.4, 0.5) is 0 Å². The second kappa shape index (κ2) is 7.12. The molecule has 2 aromatic heterocycles. The van der Waals surface area contributed by atoms with E-state index in [1.165, 1.54) is 11.3 Å². The zero-order valence-corrected chi connectivity index (χ0v) is 14.9. The van der Waals surface area contributed by atoms with E-state index in [0.717, 1.165) is 15.6 Å². The maximum atomic E-state index is 12.7. The Hall–Kier alpha value is -3.33. The standard InChI is InChI=1S/C18H15N3O5S/c22-16(19-7-12-2-1-5-27-12)13-8-20-18(24)21(17(13)23)9-11-3-4-14-15(6-11)26-10-25-14/h1-6,8H,7,9-10H2,(H,19,22)(H,20,24). The first-order chi connectivity index (χ1) is 13.1. The van der Waals surface area contributed by atoms with Gasteiger partial charge >= 0.3 is 5.69 Å². The molecule has 1 aromatic carbocycles. The molecule has 9 heteroatoms. The van der Waals surface area contributed by atoms with Crippen molar-refractivity contribution in [2.24, 2.45) is 0 Å². The smallest absolute Gasteiger partial charge is 0.328 e. The Morgan fingerprint density at radius 3 is 2.89 bits per heavy atom. The van der Waals surface area contributed by atoms with Crippen LogP contribution in [0.15, 0.2) is 51.5 Å². The molecule has 1 amide bonds. The highest BCUT2D eigenvalue weighted by molar-refractivity contribution is 7.09. The average molecular weight is 385 g/mol. The van der Waals surface area contributed by atoms with Gasteiger partial charge in [0.15, 0.2) is 11.5 Å². The molecule has 3 heterocycles. The Labute approximate surface area is 157 Å². The van der Waals surface area contributed by atoms with E-state index in [-0.39, 0.29) is 18.9 Å². The monoisotopic (exact) mass is 385 g/mol. The van der Waals surface area contributed by atoms with Crippen LogP contribution in [0.25, 0.3) is 0 Å². The topological polar surface area (TPSA) is 102 Å². The Morgan fingerprint density at radius 2 is 2.07 bits per heavy atom. The molecule has 0 spiro atoms. The molecule has 27 heavy (non-hydrogen) atoms. The van der Waals surface area contributed by atoms with Crippen molar-refractivity contribution in [3.05, 3.63) is 78.8 Å². The lowest BCUT2D eigenvalue weighted by Gasteiger charge is -2.08. The van der Waals surface area contributed by atoms with Crippen molar-refractivity contribution < 1.29 is 14.3 Å². The first kappa shape index (κ1) is 17.1. The fraction of sp³-hybridized carbons (Fsp3) is 0.167. The maximum absolute atomic E-state index is 12.7. The Balaban J connectivity index is 1.58. The van der Waals surface area contributed by atoms with Gasteiger partial charge in [-0.15, -0.1) is 11.3 Å². The molecule has 0 aliphatic carbocycles. The lowest BCUT2D eigenvalue weighted by molar-refractivity contribution is 0.0948. The number of nitrogens with one attached hydrogen (secondary N) is 2. The number of ether oxygens (including phenoxy) is 2. The van der Waals surface area contributed by atoms with Gasteiger partial charge in [0.1, 0.15) is 5.56 Å². The number of carbonyl (C=O) groups excluding carboxylic acids is 1. The normalized spacial score (nSPS) is 12.1. The molecule has 0 radical (unpaired) electrons. The second-order valence-electron chi connectivity index (χ2n) is 5.85. The minimum absolute atomic E-state index is 0.0108. The fourth-order valence-corrected chi connectivity index (χ4v) is 3.36. The lowest BCUT2D eigenvalue weighted by Crippen LogP contribution is -2.40. The van der Waals surface area contributed by atoms with E-state index in [9.17, 15) is 14.4 Å². The third kappa shape index (κ3) is 3.49. The van der Waals surface area contributed by atoms with Gasteiger partial charge in [0.05, 0.1) is 13.1 Å². The summed E-state index contributed by atoms with van der Waals surface area (Å²) in [5, 5.41) is 4.59. The second-order valence-corrected chi connectivity index (χ2v) is 6.88. The van der Waals surface area contributed by atoms with Gasteiger partial charge in [-0.3, -0.25) is 14.2 Å². The molecular weight excluding hydrogens is 370 g/mol. The summed E-state index contributed by atoms with van der Waals surface area (Å²) in [6, 6.07) is 8.93. The minimum Gasteiger partial charge on any atom is -0.454 e. The van der Waals surface area contributed by atoms with Gasteiger partial charge in [-0.2, -0.15) is 0 Å². The SMILES string of the molecule is O=C(NCc1cccs1)c1c[nH]c(=O)n(Cc2ccc3c(c2)OCO3)c1=O. The first-order valence-electron chi connectivity index (χ1n) is 8.13. The lowest BCUT2D eigenvalue weighted by atomic mass is 10.2. The molecule has 4 rings (SSSR count). The Morgan fingerprint density at radius 1 is 1.22 bits per heavy atom. The molecule has 0 bridgehead atoms. The van der Waals surface area contributed by atoms with Gasteiger partial charge in [0.2, 0.25) is 6.79 Å². The van der Waals surface area contributed by atoms with E-state index in [0.29, 0.717) is 23.6 Å². The van der Waals surface area contributed by atoms with Crippen molar-refractivity contribution in [3.63, 3.8) is 0 Å². The summed E-state index contributed by atoms with van der Waals surface area (Å²) >= 11 is 1.50. The minimum atomic E-state index is -0.653. The third-order valence-electron chi connectivity index (χ3n) is 4.09. The number of hydrogen-bond acceptors (Lipinski definition) is 6. The highest BCUT2D eigenvalue weighted by Gasteiger charge is 2.17. The largest absolute Gasteiger partial charge is 0.454 e. The maximum Gasteiger partial charge on any atom is 0.328 e. The molecule has 8 nitrogen and oxygen atoms in total. The molecule has 0 saturated heterocycles. The summed E-state index contributed by atoms with van der Waals surface area (Å²) in [4.78, 5) is 40.5. The first-order valence-corrected chi connectivity index (χ1v) is 9.01. The van der Waals surface area contributed by atoms with Crippen LogP contribution in [0.3, 0.4) is 0 Å². The van der Waals surface area contributed by atoms with Gasteiger partial charge in [0, 0.05) is 11.1 Å². The number of nitrogens with zero attached hydrogens (tertiary/aromatic N) is 1. The molecule has 0 atom stereocenters. The van der Waals surface area contributed by atoms with Crippen LogP contribution in [0, 0.1) is 0 Å². The van der Waals surface area contributed by atoms with Crippen LogP contribution in [0.2, 0.25) is 0 Å². The summed E-state index contributed by atoms with van der Waals surface area (Å²) < 4.78 is 11.5. The number of fused-ring (bicyclic) bond motifs is 1. The molecule has 0 fully saturated rings. The summed E-state index contributed by atoms with van der Waals surface area (Å²) in [7, 11) is 0. The number of amides is 1.